The molecule has 1 aliphatic carbocycles. The van der Waals surface area contributed by atoms with Crippen LogP contribution in [0.4, 0.5) is 4.79 Å². The number of carbonyl (C=O) groups is 2. The Morgan fingerprint density at radius 2 is 1.86 bits per heavy atom. The van der Waals surface area contributed by atoms with Gasteiger partial charge < -0.3 is 20.5 Å². The van der Waals surface area contributed by atoms with Crippen molar-refractivity contribution in [2.75, 3.05) is 13.2 Å². The SMILES string of the molecule is O=C(NCCOc1ccccc1)NC1(C(=O)O)CCCC1. The van der Waals surface area contributed by atoms with E-state index < -0.39 is 17.5 Å². The molecule has 0 unspecified atom stereocenters. The van der Waals surface area contributed by atoms with Crippen molar-refractivity contribution in [1.82, 2.24) is 10.6 Å². The van der Waals surface area contributed by atoms with Crippen molar-refractivity contribution in [3.8, 4) is 5.75 Å². The fourth-order valence-corrected chi connectivity index (χ4v) is 2.48. The van der Waals surface area contributed by atoms with Gasteiger partial charge in [0.15, 0.2) is 0 Å². The van der Waals surface area contributed by atoms with Gasteiger partial charge in [0.1, 0.15) is 17.9 Å². The van der Waals surface area contributed by atoms with E-state index in [2.05, 4.69) is 10.6 Å². The molecule has 0 radical (unpaired) electrons. The lowest BCUT2D eigenvalue weighted by Gasteiger charge is -2.25. The number of amides is 2. The number of urea groups is 1. The minimum Gasteiger partial charge on any atom is -0.492 e. The highest BCUT2D eigenvalue weighted by atomic mass is 16.5. The van der Waals surface area contributed by atoms with Gasteiger partial charge in [0, 0.05) is 0 Å². The molecule has 114 valence electrons. The van der Waals surface area contributed by atoms with Gasteiger partial charge >= 0.3 is 12.0 Å². The van der Waals surface area contributed by atoms with E-state index in [1.807, 2.05) is 30.3 Å². The third kappa shape index (κ3) is 4.11. The summed E-state index contributed by atoms with van der Waals surface area (Å²) in [5.41, 5.74) is -1.11. The second-order valence-electron chi connectivity index (χ2n) is 5.14. The Labute approximate surface area is 123 Å². The van der Waals surface area contributed by atoms with Crippen LogP contribution in [0.2, 0.25) is 0 Å². The van der Waals surface area contributed by atoms with Gasteiger partial charge in [-0.2, -0.15) is 0 Å². The van der Waals surface area contributed by atoms with Crippen molar-refractivity contribution in [3.05, 3.63) is 30.3 Å². The standard InChI is InChI=1S/C15H20N2O4/c18-13(19)15(8-4-5-9-15)17-14(20)16-10-11-21-12-6-2-1-3-7-12/h1-3,6-7H,4-5,8-11H2,(H,18,19)(H2,16,17,20). The van der Waals surface area contributed by atoms with Gasteiger partial charge in [-0.3, -0.25) is 0 Å². The van der Waals surface area contributed by atoms with Crippen LogP contribution in [-0.2, 0) is 4.79 Å². The minimum atomic E-state index is -1.11. The molecule has 0 aliphatic heterocycles. The van der Waals surface area contributed by atoms with Crippen molar-refractivity contribution >= 4 is 12.0 Å². The number of nitrogens with one attached hydrogen (secondary N) is 2. The van der Waals surface area contributed by atoms with E-state index >= 15 is 0 Å². The van der Waals surface area contributed by atoms with Crippen LogP contribution in [-0.4, -0.2) is 35.8 Å². The Kier molecular flexibility index (Phi) is 5.03. The van der Waals surface area contributed by atoms with Crippen LogP contribution in [0.15, 0.2) is 30.3 Å². The average Bonchev–Trinajstić information content (AvgIpc) is 2.94. The Balaban J connectivity index is 1.71. The van der Waals surface area contributed by atoms with Crippen LogP contribution in [0.1, 0.15) is 25.7 Å². The summed E-state index contributed by atoms with van der Waals surface area (Å²) in [6.07, 6.45) is 2.61. The summed E-state index contributed by atoms with van der Waals surface area (Å²) in [6.45, 7) is 0.647. The van der Waals surface area contributed by atoms with E-state index in [9.17, 15) is 14.7 Å². The predicted octanol–water partition coefficient (Wildman–Crippen LogP) is 1.76. The zero-order chi connectivity index (χ0) is 15.1. The van der Waals surface area contributed by atoms with Crippen LogP contribution >= 0.6 is 0 Å². The number of hydrogen-bond donors (Lipinski definition) is 3. The van der Waals surface area contributed by atoms with E-state index in [1.54, 1.807) is 0 Å². The quantitative estimate of drug-likeness (QED) is 0.697. The molecule has 1 fully saturated rings. The van der Waals surface area contributed by atoms with Gasteiger partial charge in [-0.1, -0.05) is 31.0 Å². The molecular formula is C15H20N2O4. The first-order valence-electron chi connectivity index (χ1n) is 7.10. The van der Waals surface area contributed by atoms with E-state index in [0.717, 1.165) is 18.6 Å². The molecule has 3 N–H and O–H groups in total. The number of carboxylic acid groups (broad SMARTS) is 1. The molecule has 0 aromatic heterocycles. The zero-order valence-electron chi connectivity index (χ0n) is 11.8. The fourth-order valence-electron chi connectivity index (χ4n) is 2.48. The first kappa shape index (κ1) is 15.2. The zero-order valence-corrected chi connectivity index (χ0v) is 11.8. The number of aliphatic carboxylic acids is 1. The first-order valence-corrected chi connectivity index (χ1v) is 7.10. The molecule has 2 amide bonds. The highest BCUT2D eigenvalue weighted by molar-refractivity contribution is 5.86. The molecule has 6 heteroatoms. The molecule has 0 spiro atoms. The predicted molar refractivity (Wildman–Crippen MR) is 77.3 cm³/mol. The molecule has 1 aromatic rings. The van der Waals surface area contributed by atoms with Crippen LogP contribution in [0.3, 0.4) is 0 Å². The fraction of sp³-hybridized carbons (Fsp3) is 0.467. The van der Waals surface area contributed by atoms with E-state index in [0.29, 0.717) is 26.0 Å². The largest absolute Gasteiger partial charge is 0.492 e. The summed E-state index contributed by atoms with van der Waals surface area (Å²) in [4.78, 5) is 23.1. The summed E-state index contributed by atoms with van der Waals surface area (Å²) >= 11 is 0. The number of carbonyl (C=O) groups excluding carboxylic acids is 1. The van der Waals surface area contributed by atoms with Gasteiger partial charge in [-0.15, -0.1) is 0 Å². The molecule has 2 rings (SSSR count). The number of hydrogen-bond acceptors (Lipinski definition) is 3. The smallest absolute Gasteiger partial charge is 0.329 e. The Hall–Kier alpha value is -2.24. The summed E-state index contributed by atoms with van der Waals surface area (Å²) in [7, 11) is 0. The lowest BCUT2D eigenvalue weighted by atomic mass is 9.98. The van der Waals surface area contributed by atoms with Gasteiger partial charge in [0.05, 0.1) is 6.54 Å². The molecular weight excluding hydrogens is 272 g/mol. The Morgan fingerprint density at radius 1 is 1.19 bits per heavy atom. The maximum Gasteiger partial charge on any atom is 0.329 e. The summed E-state index contributed by atoms with van der Waals surface area (Å²) in [5, 5.41) is 14.5. The second kappa shape index (κ2) is 6.97. The molecule has 0 bridgehead atoms. The number of benzene rings is 1. The van der Waals surface area contributed by atoms with Crippen LogP contribution in [0, 0.1) is 0 Å². The van der Waals surface area contributed by atoms with Crippen molar-refractivity contribution in [2.45, 2.75) is 31.2 Å². The third-order valence-corrected chi connectivity index (χ3v) is 3.62. The van der Waals surface area contributed by atoms with E-state index in [-0.39, 0.29) is 0 Å². The summed E-state index contributed by atoms with van der Waals surface area (Å²) in [6, 6.07) is 8.83. The van der Waals surface area contributed by atoms with Crippen LogP contribution in [0.5, 0.6) is 5.75 Å². The maximum absolute atomic E-state index is 11.8. The maximum atomic E-state index is 11.8. The first-order chi connectivity index (χ1) is 10.1. The number of para-hydroxylation sites is 1. The van der Waals surface area contributed by atoms with Crippen molar-refractivity contribution in [1.29, 1.82) is 0 Å². The number of rotatable bonds is 6. The van der Waals surface area contributed by atoms with Crippen molar-refractivity contribution in [3.63, 3.8) is 0 Å². The molecule has 0 atom stereocenters. The normalized spacial score (nSPS) is 16.2. The molecule has 1 saturated carbocycles. The second-order valence-corrected chi connectivity index (χ2v) is 5.14. The Bertz CT molecular complexity index is 484. The highest BCUT2D eigenvalue weighted by Crippen LogP contribution is 2.29. The topological polar surface area (TPSA) is 87.7 Å². The third-order valence-electron chi connectivity index (χ3n) is 3.62. The Morgan fingerprint density at radius 3 is 2.48 bits per heavy atom. The summed E-state index contributed by atoms with van der Waals surface area (Å²) in [5.74, 6) is -0.229. The minimum absolute atomic E-state index is 0.316. The number of carboxylic acids is 1. The average molecular weight is 292 g/mol. The van der Waals surface area contributed by atoms with Crippen molar-refractivity contribution in [2.24, 2.45) is 0 Å². The molecule has 1 aliphatic rings. The van der Waals surface area contributed by atoms with Gasteiger partial charge in [0.25, 0.3) is 0 Å². The lowest BCUT2D eigenvalue weighted by molar-refractivity contribution is -0.144. The lowest BCUT2D eigenvalue weighted by Crippen LogP contribution is -2.55. The van der Waals surface area contributed by atoms with E-state index in [1.165, 1.54) is 0 Å². The van der Waals surface area contributed by atoms with Crippen LogP contribution in [0.25, 0.3) is 0 Å². The molecule has 0 saturated heterocycles. The van der Waals surface area contributed by atoms with Crippen LogP contribution < -0.4 is 15.4 Å². The molecule has 0 heterocycles. The molecule has 6 nitrogen and oxygen atoms in total. The number of ether oxygens (including phenoxy) is 1. The van der Waals surface area contributed by atoms with Gasteiger partial charge in [-0.25, -0.2) is 9.59 Å². The van der Waals surface area contributed by atoms with E-state index in [4.69, 9.17) is 4.74 Å². The molecule has 1 aromatic carbocycles. The van der Waals surface area contributed by atoms with Crippen molar-refractivity contribution < 1.29 is 19.4 Å². The van der Waals surface area contributed by atoms with Gasteiger partial charge in [-0.05, 0) is 25.0 Å². The highest BCUT2D eigenvalue weighted by Gasteiger charge is 2.42. The summed E-state index contributed by atoms with van der Waals surface area (Å²) < 4.78 is 5.44. The monoisotopic (exact) mass is 292 g/mol. The van der Waals surface area contributed by atoms with Gasteiger partial charge in [0.2, 0.25) is 0 Å². The molecule has 21 heavy (non-hydrogen) atoms.